The van der Waals surface area contributed by atoms with Gasteiger partial charge >= 0.3 is 0 Å². The minimum atomic E-state index is 0.188. The van der Waals surface area contributed by atoms with Gasteiger partial charge in [0.05, 0.1) is 6.61 Å². The van der Waals surface area contributed by atoms with Gasteiger partial charge < -0.3 is 5.11 Å². The van der Waals surface area contributed by atoms with E-state index in [0.29, 0.717) is 5.41 Å². The largest absolute Gasteiger partial charge is 0.392 e. The second-order valence-corrected chi connectivity index (χ2v) is 9.46. The van der Waals surface area contributed by atoms with Crippen LogP contribution >= 0.6 is 0 Å². The van der Waals surface area contributed by atoms with Crippen LogP contribution in [-0.2, 0) is 0 Å². The maximum atomic E-state index is 8.87. The molecule has 1 nitrogen and oxygen atoms in total. The smallest absolute Gasteiger partial charge is 0.0614 e. The van der Waals surface area contributed by atoms with E-state index in [1.54, 1.807) is 0 Å². The molecule has 1 heteroatoms. The van der Waals surface area contributed by atoms with Gasteiger partial charge in [0.25, 0.3) is 0 Å². The Morgan fingerprint density at radius 1 is 0.833 bits per heavy atom. The van der Waals surface area contributed by atoms with Gasteiger partial charge in [-0.25, -0.2) is 0 Å². The Hall–Kier alpha value is -0.300. The van der Waals surface area contributed by atoms with Crippen molar-refractivity contribution in [3.8, 4) is 0 Å². The van der Waals surface area contributed by atoms with Gasteiger partial charge in [-0.1, -0.05) is 98.1 Å². The van der Waals surface area contributed by atoms with Crippen LogP contribution in [0.3, 0.4) is 0 Å². The number of aliphatic hydroxyl groups is 1. The highest BCUT2D eigenvalue weighted by Crippen LogP contribution is 2.30. The van der Waals surface area contributed by atoms with Crippen LogP contribution in [-0.4, -0.2) is 11.7 Å². The van der Waals surface area contributed by atoms with E-state index in [0.717, 1.165) is 24.2 Å². The molecule has 0 radical (unpaired) electrons. The van der Waals surface area contributed by atoms with Crippen molar-refractivity contribution >= 4 is 0 Å². The quantitative estimate of drug-likeness (QED) is 0.347. The molecule has 3 unspecified atom stereocenters. The molecular formula is C23H46O. The highest BCUT2D eigenvalue weighted by Gasteiger charge is 2.19. The summed E-state index contributed by atoms with van der Waals surface area (Å²) in [7, 11) is 0. The molecule has 0 rings (SSSR count). The second kappa shape index (κ2) is 13.0. The molecule has 0 aromatic rings. The first-order chi connectivity index (χ1) is 11.2. The van der Waals surface area contributed by atoms with E-state index in [4.69, 9.17) is 5.11 Å². The van der Waals surface area contributed by atoms with Crippen molar-refractivity contribution < 1.29 is 5.11 Å². The van der Waals surface area contributed by atoms with Crippen LogP contribution in [0.5, 0.6) is 0 Å². The van der Waals surface area contributed by atoms with Crippen molar-refractivity contribution in [3.05, 3.63) is 11.6 Å². The maximum absolute atomic E-state index is 8.87. The standard InChI is InChI=1S/C23H46O/c1-19(13-9-14-21(3)17-18-24)11-8-12-20(2)15-10-16-22(4)23(5,6)7/h17,19-20,22,24H,8-16,18H2,1-7H3/b21-17+. The number of aliphatic hydroxyl groups excluding tert-OH is 1. The van der Waals surface area contributed by atoms with Gasteiger partial charge in [0.2, 0.25) is 0 Å². The average molecular weight is 339 g/mol. The number of hydrogen-bond donors (Lipinski definition) is 1. The van der Waals surface area contributed by atoms with E-state index < -0.39 is 0 Å². The summed E-state index contributed by atoms with van der Waals surface area (Å²) in [4.78, 5) is 0. The summed E-state index contributed by atoms with van der Waals surface area (Å²) in [5, 5.41) is 8.87. The number of rotatable bonds is 13. The SMILES string of the molecule is C/C(=C\CO)CCCC(C)CCCC(C)CCCC(C)C(C)(C)C. The Morgan fingerprint density at radius 2 is 1.29 bits per heavy atom. The summed E-state index contributed by atoms with van der Waals surface area (Å²) < 4.78 is 0. The molecule has 0 aromatic carbocycles. The van der Waals surface area contributed by atoms with Crippen LogP contribution in [0.15, 0.2) is 11.6 Å². The number of hydrogen-bond acceptors (Lipinski definition) is 1. The molecule has 3 atom stereocenters. The van der Waals surface area contributed by atoms with Crippen molar-refractivity contribution in [2.24, 2.45) is 23.2 Å². The highest BCUT2D eigenvalue weighted by molar-refractivity contribution is 4.97. The molecule has 0 heterocycles. The van der Waals surface area contributed by atoms with Crippen LogP contribution < -0.4 is 0 Å². The van der Waals surface area contributed by atoms with Crippen molar-refractivity contribution in [2.75, 3.05) is 6.61 Å². The van der Waals surface area contributed by atoms with E-state index in [2.05, 4.69) is 48.5 Å². The molecule has 144 valence electrons. The zero-order valence-electron chi connectivity index (χ0n) is 17.8. The Balaban J connectivity index is 3.66. The molecular weight excluding hydrogens is 292 g/mol. The third-order valence-electron chi connectivity index (χ3n) is 5.91. The van der Waals surface area contributed by atoms with Gasteiger partial charge in [0, 0.05) is 0 Å². The van der Waals surface area contributed by atoms with Crippen LogP contribution in [0, 0.1) is 23.2 Å². The van der Waals surface area contributed by atoms with Gasteiger partial charge in [-0.2, -0.15) is 0 Å². The van der Waals surface area contributed by atoms with Crippen LogP contribution in [0.1, 0.15) is 106 Å². The molecule has 0 saturated carbocycles. The third kappa shape index (κ3) is 13.0. The molecule has 0 saturated heterocycles. The van der Waals surface area contributed by atoms with E-state index in [-0.39, 0.29) is 6.61 Å². The van der Waals surface area contributed by atoms with E-state index >= 15 is 0 Å². The van der Waals surface area contributed by atoms with E-state index in [1.807, 2.05) is 6.08 Å². The minimum Gasteiger partial charge on any atom is -0.392 e. The first kappa shape index (κ1) is 23.7. The van der Waals surface area contributed by atoms with Crippen molar-refractivity contribution in [3.63, 3.8) is 0 Å². The lowest BCUT2D eigenvalue weighted by Gasteiger charge is -2.27. The Labute approximate surface area is 153 Å². The van der Waals surface area contributed by atoms with E-state index in [1.165, 1.54) is 56.9 Å². The molecule has 0 aliphatic carbocycles. The maximum Gasteiger partial charge on any atom is 0.0614 e. The van der Waals surface area contributed by atoms with Gasteiger partial charge in [-0.05, 0) is 42.9 Å². The second-order valence-electron chi connectivity index (χ2n) is 9.46. The summed E-state index contributed by atoms with van der Waals surface area (Å²) >= 11 is 0. The predicted molar refractivity (Wildman–Crippen MR) is 109 cm³/mol. The summed E-state index contributed by atoms with van der Waals surface area (Å²) in [6.07, 6.45) is 14.0. The normalized spacial score (nSPS) is 16.9. The van der Waals surface area contributed by atoms with Crippen LogP contribution in [0.4, 0.5) is 0 Å². The summed E-state index contributed by atoms with van der Waals surface area (Å²) in [5.41, 5.74) is 1.80. The summed E-state index contributed by atoms with van der Waals surface area (Å²) in [6.45, 7) is 16.7. The number of allylic oxidation sites excluding steroid dienone is 1. The van der Waals surface area contributed by atoms with Gasteiger partial charge in [-0.3, -0.25) is 0 Å². The average Bonchev–Trinajstić information content (AvgIpc) is 2.46. The fraction of sp³-hybridized carbons (Fsp3) is 0.913. The minimum absolute atomic E-state index is 0.188. The summed E-state index contributed by atoms with van der Waals surface area (Å²) in [5.74, 6) is 2.56. The van der Waals surface area contributed by atoms with Crippen LogP contribution in [0.2, 0.25) is 0 Å². The topological polar surface area (TPSA) is 20.2 Å². The predicted octanol–water partition coefficient (Wildman–Crippen LogP) is 7.39. The van der Waals surface area contributed by atoms with Crippen LogP contribution in [0.25, 0.3) is 0 Å². The fourth-order valence-electron chi connectivity index (χ4n) is 3.30. The Morgan fingerprint density at radius 3 is 1.75 bits per heavy atom. The zero-order chi connectivity index (χ0) is 18.6. The monoisotopic (exact) mass is 338 g/mol. The lowest BCUT2D eigenvalue weighted by Crippen LogP contribution is -2.17. The Kier molecular flexibility index (Phi) is 12.8. The van der Waals surface area contributed by atoms with Crippen molar-refractivity contribution in [2.45, 2.75) is 106 Å². The Bertz CT molecular complexity index is 323. The molecule has 0 spiro atoms. The third-order valence-corrected chi connectivity index (χ3v) is 5.91. The molecule has 0 aliphatic rings. The lowest BCUT2D eigenvalue weighted by molar-refractivity contribution is 0.236. The molecule has 0 bridgehead atoms. The first-order valence-electron chi connectivity index (χ1n) is 10.4. The molecule has 0 aromatic heterocycles. The fourth-order valence-corrected chi connectivity index (χ4v) is 3.30. The molecule has 1 N–H and O–H groups in total. The van der Waals surface area contributed by atoms with Crippen molar-refractivity contribution in [1.29, 1.82) is 0 Å². The zero-order valence-corrected chi connectivity index (χ0v) is 17.8. The molecule has 24 heavy (non-hydrogen) atoms. The molecule has 0 amide bonds. The van der Waals surface area contributed by atoms with Gasteiger partial charge in [0.1, 0.15) is 0 Å². The summed E-state index contributed by atoms with van der Waals surface area (Å²) in [6, 6.07) is 0. The first-order valence-corrected chi connectivity index (χ1v) is 10.4. The highest BCUT2D eigenvalue weighted by atomic mass is 16.2. The molecule has 0 fully saturated rings. The lowest BCUT2D eigenvalue weighted by atomic mass is 9.78. The van der Waals surface area contributed by atoms with Gasteiger partial charge in [0.15, 0.2) is 0 Å². The molecule has 0 aliphatic heterocycles. The van der Waals surface area contributed by atoms with E-state index in [9.17, 15) is 0 Å². The van der Waals surface area contributed by atoms with Gasteiger partial charge in [-0.15, -0.1) is 0 Å². The van der Waals surface area contributed by atoms with Crippen molar-refractivity contribution in [1.82, 2.24) is 0 Å².